The van der Waals surface area contributed by atoms with Crippen LogP contribution in [0, 0.1) is 5.92 Å². The van der Waals surface area contributed by atoms with Crippen LogP contribution in [0.5, 0.6) is 5.75 Å². The molecule has 2 heterocycles. The van der Waals surface area contributed by atoms with E-state index >= 15 is 0 Å². The molecule has 4 nitrogen and oxygen atoms in total. The van der Waals surface area contributed by atoms with E-state index < -0.39 is 0 Å². The van der Waals surface area contributed by atoms with Crippen molar-refractivity contribution in [3.63, 3.8) is 0 Å². The van der Waals surface area contributed by atoms with Crippen molar-refractivity contribution in [2.75, 3.05) is 19.8 Å². The van der Waals surface area contributed by atoms with Crippen molar-refractivity contribution in [1.29, 1.82) is 0 Å². The van der Waals surface area contributed by atoms with Crippen LogP contribution in [-0.2, 0) is 10.2 Å². The lowest BCUT2D eigenvalue weighted by atomic mass is 9.85. The summed E-state index contributed by atoms with van der Waals surface area (Å²) in [6.07, 6.45) is 3.79. The van der Waals surface area contributed by atoms with Gasteiger partial charge in [0.15, 0.2) is 0 Å². The minimum atomic E-state index is -0.0296. The number of carbonyl (C=O) groups is 1. The third-order valence-corrected chi connectivity index (χ3v) is 6.26. The van der Waals surface area contributed by atoms with Gasteiger partial charge in [-0.3, -0.25) is 4.79 Å². The standard InChI is InChI=1S/C20H27NO3/c1-13(2)14-5-6-18-16(10-14)20(7-9-24-18)11-17(20)19(23)21-8-3-4-15(21)12-22/h5-6,10,13,15,17,22H,3-4,7-9,11-12H2,1-2H3/t15-,17-,20-/m0/s1. The molecule has 1 spiro atoms. The first-order chi connectivity index (χ1) is 11.6. The number of aliphatic hydroxyl groups excluding tert-OH is 1. The van der Waals surface area contributed by atoms with Crippen LogP contribution in [0.2, 0.25) is 0 Å². The summed E-state index contributed by atoms with van der Waals surface area (Å²) in [6.45, 7) is 5.98. The number of benzene rings is 1. The van der Waals surface area contributed by atoms with Gasteiger partial charge in [-0.25, -0.2) is 0 Å². The summed E-state index contributed by atoms with van der Waals surface area (Å²) in [5.74, 6) is 1.74. The first-order valence-electron chi connectivity index (χ1n) is 9.25. The molecule has 1 saturated carbocycles. The number of aliphatic hydroxyl groups is 1. The normalized spacial score (nSPS) is 31.2. The maximum atomic E-state index is 13.1. The number of ether oxygens (including phenoxy) is 1. The highest BCUT2D eigenvalue weighted by Crippen LogP contribution is 2.61. The van der Waals surface area contributed by atoms with E-state index in [2.05, 4.69) is 32.0 Å². The Bertz CT molecular complexity index is 656. The zero-order valence-electron chi connectivity index (χ0n) is 14.6. The van der Waals surface area contributed by atoms with Crippen molar-refractivity contribution < 1.29 is 14.6 Å². The lowest BCUT2D eigenvalue weighted by Crippen LogP contribution is -2.40. The van der Waals surface area contributed by atoms with E-state index in [0.717, 1.165) is 38.0 Å². The van der Waals surface area contributed by atoms with E-state index in [9.17, 15) is 9.90 Å². The predicted octanol–water partition coefficient (Wildman–Crippen LogP) is 2.83. The number of fused-ring (bicyclic) bond motifs is 2. The Kier molecular flexibility index (Phi) is 3.83. The minimum Gasteiger partial charge on any atom is -0.493 e. The summed E-state index contributed by atoms with van der Waals surface area (Å²) in [5.41, 5.74) is 2.52. The van der Waals surface area contributed by atoms with Gasteiger partial charge in [-0.05, 0) is 43.2 Å². The van der Waals surface area contributed by atoms with E-state index in [1.54, 1.807) is 0 Å². The summed E-state index contributed by atoms with van der Waals surface area (Å²) in [4.78, 5) is 15.0. The molecule has 3 atom stereocenters. The topological polar surface area (TPSA) is 49.8 Å². The van der Waals surface area contributed by atoms with Gasteiger partial charge in [-0.15, -0.1) is 0 Å². The second kappa shape index (κ2) is 5.76. The molecule has 4 heteroatoms. The Labute approximate surface area is 143 Å². The van der Waals surface area contributed by atoms with Gasteiger partial charge in [0.2, 0.25) is 5.91 Å². The first-order valence-corrected chi connectivity index (χ1v) is 9.25. The molecule has 1 aromatic carbocycles. The molecular weight excluding hydrogens is 302 g/mol. The largest absolute Gasteiger partial charge is 0.493 e. The molecule has 4 rings (SSSR count). The molecule has 0 bridgehead atoms. The fourth-order valence-corrected chi connectivity index (χ4v) is 4.62. The number of hydrogen-bond acceptors (Lipinski definition) is 3. The summed E-state index contributed by atoms with van der Waals surface area (Å²) in [7, 11) is 0. The lowest BCUT2D eigenvalue weighted by molar-refractivity contribution is -0.134. The Balaban J connectivity index is 1.62. The molecule has 0 radical (unpaired) electrons. The number of hydrogen-bond donors (Lipinski definition) is 1. The van der Waals surface area contributed by atoms with E-state index in [4.69, 9.17) is 4.74 Å². The predicted molar refractivity (Wildman–Crippen MR) is 92.2 cm³/mol. The van der Waals surface area contributed by atoms with Crippen molar-refractivity contribution in [1.82, 2.24) is 4.90 Å². The van der Waals surface area contributed by atoms with Crippen LogP contribution < -0.4 is 4.74 Å². The fraction of sp³-hybridized carbons (Fsp3) is 0.650. The van der Waals surface area contributed by atoms with Gasteiger partial charge >= 0.3 is 0 Å². The van der Waals surface area contributed by atoms with Crippen LogP contribution in [0.4, 0.5) is 0 Å². The van der Waals surface area contributed by atoms with Crippen LogP contribution in [0.25, 0.3) is 0 Å². The molecule has 1 saturated heterocycles. The summed E-state index contributed by atoms with van der Waals surface area (Å²) in [5, 5.41) is 9.53. The van der Waals surface area contributed by atoms with Gasteiger partial charge in [0, 0.05) is 23.4 Å². The molecule has 3 aliphatic rings. The smallest absolute Gasteiger partial charge is 0.226 e. The maximum absolute atomic E-state index is 13.1. The van der Waals surface area contributed by atoms with Gasteiger partial charge in [0.25, 0.3) is 0 Å². The van der Waals surface area contributed by atoms with Crippen LogP contribution in [0.3, 0.4) is 0 Å². The Morgan fingerprint density at radius 3 is 3.04 bits per heavy atom. The Morgan fingerprint density at radius 1 is 1.46 bits per heavy atom. The van der Waals surface area contributed by atoms with Gasteiger partial charge in [0.1, 0.15) is 5.75 Å². The van der Waals surface area contributed by atoms with Gasteiger partial charge in [-0.1, -0.05) is 26.0 Å². The number of likely N-dealkylation sites (tertiary alicyclic amines) is 1. The van der Waals surface area contributed by atoms with Crippen LogP contribution in [-0.4, -0.2) is 41.7 Å². The van der Waals surface area contributed by atoms with E-state index in [1.165, 1.54) is 11.1 Å². The Hall–Kier alpha value is -1.55. The number of amides is 1. The molecule has 24 heavy (non-hydrogen) atoms. The van der Waals surface area contributed by atoms with Crippen molar-refractivity contribution in [2.45, 2.75) is 56.9 Å². The highest BCUT2D eigenvalue weighted by molar-refractivity contribution is 5.85. The quantitative estimate of drug-likeness (QED) is 0.928. The average Bonchev–Trinajstić information content (AvgIpc) is 3.09. The van der Waals surface area contributed by atoms with Gasteiger partial charge in [-0.2, -0.15) is 0 Å². The number of nitrogens with zero attached hydrogens (tertiary/aromatic N) is 1. The lowest BCUT2D eigenvalue weighted by Gasteiger charge is -2.30. The van der Waals surface area contributed by atoms with Crippen molar-refractivity contribution >= 4 is 5.91 Å². The highest BCUT2D eigenvalue weighted by Gasteiger charge is 2.62. The van der Waals surface area contributed by atoms with Gasteiger partial charge in [0.05, 0.1) is 19.3 Å². The second-order valence-electron chi connectivity index (χ2n) is 7.93. The highest BCUT2D eigenvalue weighted by atomic mass is 16.5. The molecule has 1 aliphatic carbocycles. The summed E-state index contributed by atoms with van der Waals surface area (Å²) < 4.78 is 5.86. The van der Waals surface area contributed by atoms with Crippen LogP contribution >= 0.6 is 0 Å². The molecule has 0 aromatic heterocycles. The molecular formula is C20H27NO3. The van der Waals surface area contributed by atoms with Crippen LogP contribution in [0.15, 0.2) is 18.2 Å². The van der Waals surface area contributed by atoms with Gasteiger partial charge < -0.3 is 14.7 Å². The summed E-state index contributed by atoms with van der Waals surface area (Å²) >= 11 is 0. The molecule has 0 unspecified atom stereocenters. The maximum Gasteiger partial charge on any atom is 0.226 e. The Morgan fingerprint density at radius 2 is 2.29 bits per heavy atom. The first kappa shape index (κ1) is 15.9. The second-order valence-corrected chi connectivity index (χ2v) is 7.93. The summed E-state index contributed by atoms with van der Waals surface area (Å²) in [6, 6.07) is 6.51. The third-order valence-electron chi connectivity index (χ3n) is 6.26. The zero-order chi connectivity index (χ0) is 16.9. The van der Waals surface area contributed by atoms with Crippen LogP contribution in [0.1, 0.15) is 56.6 Å². The van der Waals surface area contributed by atoms with Crippen molar-refractivity contribution in [2.24, 2.45) is 5.92 Å². The van der Waals surface area contributed by atoms with E-state index in [-0.39, 0.29) is 29.9 Å². The monoisotopic (exact) mass is 329 g/mol. The molecule has 1 amide bonds. The fourth-order valence-electron chi connectivity index (χ4n) is 4.62. The molecule has 2 fully saturated rings. The minimum absolute atomic E-state index is 0.0245. The molecule has 1 aromatic rings. The molecule has 1 N–H and O–H groups in total. The number of carbonyl (C=O) groups excluding carboxylic acids is 1. The molecule has 130 valence electrons. The third kappa shape index (κ3) is 2.34. The number of rotatable bonds is 3. The zero-order valence-corrected chi connectivity index (χ0v) is 14.6. The van der Waals surface area contributed by atoms with Crippen molar-refractivity contribution in [3.05, 3.63) is 29.3 Å². The van der Waals surface area contributed by atoms with E-state index in [0.29, 0.717) is 12.5 Å². The van der Waals surface area contributed by atoms with Crippen molar-refractivity contribution in [3.8, 4) is 5.75 Å². The molecule has 2 aliphatic heterocycles. The average molecular weight is 329 g/mol. The van der Waals surface area contributed by atoms with E-state index in [1.807, 2.05) is 4.90 Å². The SMILES string of the molecule is CC(C)c1ccc2c(c1)[C@]1(CCO2)C[C@H]1C(=O)N1CCC[C@H]1CO.